The number of benzene rings is 1. The van der Waals surface area contributed by atoms with E-state index < -0.39 is 35.3 Å². The lowest BCUT2D eigenvalue weighted by molar-refractivity contribution is -0.123. The Bertz CT molecular complexity index is 788. The maximum Gasteiger partial charge on any atom is 0.343 e. The van der Waals surface area contributed by atoms with Crippen molar-refractivity contribution in [2.24, 2.45) is 5.73 Å². The minimum atomic E-state index is -1.24. The largest absolute Gasteiger partial charge is 0.449 e. The number of amides is 2. The fourth-order valence-corrected chi connectivity index (χ4v) is 2.81. The molecule has 1 atom stereocenters. The molecule has 6 nitrogen and oxygen atoms in total. The molecule has 0 radical (unpaired) electrons. The first-order valence-corrected chi connectivity index (χ1v) is 7.90. The number of esters is 1. The number of ether oxygens (including phenoxy) is 1. The number of thiophene rings is 1. The van der Waals surface area contributed by atoms with Gasteiger partial charge in [-0.25, -0.2) is 9.18 Å². The van der Waals surface area contributed by atoms with Crippen molar-refractivity contribution in [3.63, 3.8) is 0 Å². The summed E-state index contributed by atoms with van der Waals surface area (Å²) in [6.45, 7) is 1.31. The molecule has 0 saturated heterocycles. The molecule has 0 saturated carbocycles. The lowest BCUT2D eigenvalue weighted by Crippen LogP contribution is -2.30. The van der Waals surface area contributed by atoms with Crippen LogP contribution in [0.3, 0.4) is 0 Å². The molecule has 2 rings (SSSR count). The fourth-order valence-electron chi connectivity index (χ4n) is 1.78. The molecule has 0 fully saturated rings. The molecule has 0 bridgehead atoms. The maximum absolute atomic E-state index is 13.7. The van der Waals surface area contributed by atoms with Gasteiger partial charge in [0.2, 0.25) is 0 Å². The van der Waals surface area contributed by atoms with Gasteiger partial charge in [-0.2, -0.15) is 0 Å². The second kappa shape index (κ2) is 7.41. The first-order chi connectivity index (χ1) is 11.3. The molecule has 0 aliphatic heterocycles. The number of nitrogens with two attached hydrogens (primary N) is 1. The molecule has 1 heterocycles. The number of halogens is 2. The van der Waals surface area contributed by atoms with Gasteiger partial charge in [0.05, 0.1) is 10.6 Å². The Morgan fingerprint density at radius 1 is 1.33 bits per heavy atom. The quantitative estimate of drug-likeness (QED) is 0.790. The van der Waals surface area contributed by atoms with Gasteiger partial charge < -0.3 is 15.8 Å². The Morgan fingerprint density at radius 2 is 2.04 bits per heavy atom. The van der Waals surface area contributed by atoms with E-state index in [2.05, 4.69) is 5.32 Å². The molecule has 0 aliphatic rings. The van der Waals surface area contributed by atoms with Gasteiger partial charge in [-0.15, -0.1) is 11.3 Å². The average Bonchev–Trinajstić information content (AvgIpc) is 2.95. The van der Waals surface area contributed by atoms with Gasteiger partial charge in [0.1, 0.15) is 16.4 Å². The van der Waals surface area contributed by atoms with Crippen molar-refractivity contribution in [3.8, 4) is 0 Å². The van der Waals surface area contributed by atoms with Gasteiger partial charge in [-0.3, -0.25) is 9.59 Å². The Labute approximate surface area is 145 Å². The van der Waals surface area contributed by atoms with Crippen LogP contribution in [0.4, 0.5) is 9.39 Å². The molecule has 1 unspecified atom stereocenters. The van der Waals surface area contributed by atoms with E-state index in [9.17, 15) is 18.8 Å². The molecule has 9 heteroatoms. The lowest BCUT2D eigenvalue weighted by atomic mass is 10.2. The lowest BCUT2D eigenvalue weighted by Gasteiger charge is -2.14. The van der Waals surface area contributed by atoms with Crippen molar-refractivity contribution >= 4 is 45.7 Å². The topological polar surface area (TPSA) is 98.5 Å². The van der Waals surface area contributed by atoms with E-state index in [-0.39, 0.29) is 15.6 Å². The molecule has 2 aromatic rings. The minimum absolute atomic E-state index is 0.123. The van der Waals surface area contributed by atoms with Crippen molar-refractivity contribution in [1.82, 2.24) is 0 Å². The molecular weight excluding hydrogens is 359 g/mol. The smallest absolute Gasteiger partial charge is 0.343 e. The summed E-state index contributed by atoms with van der Waals surface area (Å²) in [5, 5.41) is 4.12. The summed E-state index contributed by atoms with van der Waals surface area (Å²) >= 11 is 6.86. The van der Waals surface area contributed by atoms with Crippen molar-refractivity contribution in [2.75, 3.05) is 5.32 Å². The third-order valence-corrected chi connectivity index (χ3v) is 4.13. The second-order valence-corrected chi connectivity index (χ2v) is 5.98. The van der Waals surface area contributed by atoms with Crippen LogP contribution in [0.1, 0.15) is 27.6 Å². The number of rotatable bonds is 5. The molecule has 126 valence electrons. The highest BCUT2D eigenvalue weighted by molar-refractivity contribution is 7.14. The standard InChI is InChI=1S/C15H12ClFN2O4S/c1-7(13(21)19-14-8(12(18)20)5-6-24-14)23-15(22)11-9(16)3-2-4-10(11)17/h2-7H,1H3,(H2,18,20)(H,19,21). The van der Waals surface area contributed by atoms with E-state index in [0.717, 1.165) is 17.4 Å². The van der Waals surface area contributed by atoms with Gasteiger partial charge in [0, 0.05) is 0 Å². The predicted molar refractivity (Wildman–Crippen MR) is 87.8 cm³/mol. The van der Waals surface area contributed by atoms with E-state index >= 15 is 0 Å². The van der Waals surface area contributed by atoms with E-state index in [1.807, 2.05) is 0 Å². The van der Waals surface area contributed by atoms with Crippen LogP contribution in [0.25, 0.3) is 0 Å². The van der Waals surface area contributed by atoms with Crippen LogP contribution in [-0.4, -0.2) is 23.9 Å². The number of hydrogen-bond acceptors (Lipinski definition) is 5. The first-order valence-electron chi connectivity index (χ1n) is 6.64. The fraction of sp³-hybridized carbons (Fsp3) is 0.133. The minimum Gasteiger partial charge on any atom is -0.449 e. The third-order valence-electron chi connectivity index (χ3n) is 2.99. The first kappa shape index (κ1) is 17.9. The zero-order chi connectivity index (χ0) is 17.9. The highest BCUT2D eigenvalue weighted by atomic mass is 35.5. The van der Waals surface area contributed by atoms with Crippen LogP contribution in [0, 0.1) is 5.82 Å². The Hall–Kier alpha value is -2.45. The van der Waals surface area contributed by atoms with E-state index in [4.69, 9.17) is 22.1 Å². The van der Waals surface area contributed by atoms with Gasteiger partial charge in [-0.1, -0.05) is 17.7 Å². The summed E-state index contributed by atoms with van der Waals surface area (Å²) in [5.41, 5.74) is 4.87. The number of hydrogen-bond donors (Lipinski definition) is 2. The van der Waals surface area contributed by atoms with Crippen molar-refractivity contribution in [1.29, 1.82) is 0 Å². The van der Waals surface area contributed by atoms with Gasteiger partial charge in [0.15, 0.2) is 6.10 Å². The number of nitrogens with one attached hydrogen (secondary N) is 1. The predicted octanol–water partition coefficient (Wildman–Crippen LogP) is 2.82. The summed E-state index contributed by atoms with van der Waals surface area (Å²) in [4.78, 5) is 35.2. The highest BCUT2D eigenvalue weighted by Crippen LogP contribution is 2.24. The second-order valence-electron chi connectivity index (χ2n) is 4.66. The molecular formula is C15H12ClFN2O4S. The molecule has 1 aromatic heterocycles. The molecule has 1 aromatic carbocycles. The average molecular weight is 371 g/mol. The summed E-state index contributed by atoms with van der Waals surface area (Å²) in [7, 11) is 0. The zero-order valence-corrected chi connectivity index (χ0v) is 13.9. The number of anilines is 1. The van der Waals surface area contributed by atoms with E-state index in [0.29, 0.717) is 0 Å². The van der Waals surface area contributed by atoms with Crippen molar-refractivity contribution in [3.05, 3.63) is 51.6 Å². The SMILES string of the molecule is CC(OC(=O)c1c(F)cccc1Cl)C(=O)Nc1sccc1C(N)=O. The highest BCUT2D eigenvalue weighted by Gasteiger charge is 2.24. The number of carbonyl (C=O) groups excluding carboxylic acids is 3. The number of primary amides is 1. The summed E-state index contributed by atoms with van der Waals surface area (Å²) in [5.74, 6) is -3.31. The van der Waals surface area contributed by atoms with Crippen LogP contribution < -0.4 is 11.1 Å². The zero-order valence-electron chi connectivity index (χ0n) is 12.3. The summed E-state index contributed by atoms with van der Waals surface area (Å²) in [6.07, 6.45) is -1.24. The van der Waals surface area contributed by atoms with Crippen LogP contribution >= 0.6 is 22.9 Å². The van der Waals surface area contributed by atoms with E-state index in [1.54, 1.807) is 5.38 Å². The van der Waals surface area contributed by atoms with Crippen LogP contribution in [0.2, 0.25) is 5.02 Å². The molecule has 3 N–H and O–H groups in total. The van der Waals surface area contributed by atoms with Crippen LogP contribution in [-0.2, 0) is 9.53 Å². The Balaban J connectivity index is 2.07. The van der Waals surface area contributed by atoms with Crippen LogP contribution in [0.15, 0.2) is 29.6 Å². The van der Waals surface area contributed by atoms with Gasteiger partial charge in [0.25, 0.3) is 11.8 Å². The Kier molecular flexibility index (Phi) is 5.53. The maximum atomic E-state index is 13.7. The monoisotopic (exact) mass is 370 g/mol. The van der Waals surface area contributed by atoms with Crippen LogP contribution in [0.5, 0.6) is 0 Å². The summed E-state index contributed by atoms with van der Waals surface area (Å²) in [6, 6.07) is 5.18. The van der Waals surface area contributed by atoms with E-state index in [1.165, 1.54) is 25.1 Å². The van der Waals surface area contributed by atoms with Gasteiger partial charge in [-0.05, 0) is 30.5 Å². The molecule has 0 aliphatic carbocycles. The molecule has 24 heavy (non-hydrogen) atoms. The normalized spacial score (nSPS) is 11.6. The number of carbonyl (C=O) groups is 3. The molecule has 0 spiro atoms. The molecule has 2 amide bonds. The van der Waals surface area contributed by atoms with Gasteiger partial charge >= 0.3 is 5.97 Å². The van der Waals surface area contributed by atoms with Crippen molar-refractivity contribution in [2.45, 2.75) is 13.0 Å². The van der Waals surface area contributed by atoms with Crippen molar-refractivity contribution < 1.29 is 23.5 Å². The third kappa shape index (κ3) is 3.90. The Morgan fingerprint density at radius 3 is 2.67 bits per heavy atom. The summed E-state index contributed by atoms with van der Waals surface area (Å²) < 4.78 is 18.6.